The topological polar surface area (TPSA) is 52.6 Å². The van der Waals surface area contributed by atoms with Crippen LogP contribution >= 0.6 is 11.3 Å². The summed E-state index contributed by atoms with van der Waals surface area (Å²) in [6.07, 6.45) is 2.11. The van der Waals surface area contributed by atoms with Crippen LogP contribution in [0.2, 0.25) is 0 Å². The molecule has 0 spiro atoms. The summed E-state index contributed by atoms with van der Waals surface area (Å²) < 4.78 is 0. The number of aromatic nitrogens is 1. The minimum absolute atomic E-state index is 0.477. The van der Waals surface area contributed by atoms with Gasteiger partial charge in [0.15, 0.2) is 5.96 Å². The third-order valence-electron chi connectivity index (χ3n) is 4.44. The van der Waals surface area contributed by atoms with Crippen molar-refractivity contribution in [3.8, 4) is 0 Å². The van der Waals surface area contributed by atoms with Crippen molar-refractivity contribution < 1.29 is 0 Å². The van der Waals surface area contributed by atoms with E-state index in [-0.39, 0.29) is 0 Å². The lowest BCUT2D eigenvalue weighted by molar-refractivity contribution is 0.265. The second kappa shape index (κ2) is 8.64. The highest BCUT2D eigenvalue weighted by atomic mass is 32.1. The molecule has 5 nitrogen and oxygen atoms in total. The number of aryl methyl sites for hydroxylation is 2. The van der Waals surface area contributed by atoms with Crippen molar-refractivity contribution in [1.82, 2.24) is 20.5 Å². The quantitative estimate of drug-likeness (QED) is 0.475. The Balaban J connectivity index is 1.71. The number of nitrogens with zero attached hydrogens (tertiary/aromatic N) is 3. The van der Waals surface area contributed by atoms with Crippen molar-refractivity contribution in [2.24, 2.45) is 10.9 Å². The highest BCUT2D eigenvalue weighted by Gasteiger charge is 2.31. The third kappa shape index (κ3) is 5.46. The van der Waals surface area contributed by atoms with E-state index in [2.05, 4.69) is 51.7 Å². The van der Waals surface area contributed by atoms with Gasteiger partial charge >= 0.3 is 0 Å². The van der Waals surface area contributed by atoms with E-state index in [1.54, 1.807) is 11.3 Å². The van der Waals surface area contributed by atoms with Gasteiger partial charge in [-0.25, -0.2) is 4.98 Å². The molecule has 1 aliphatic rings. The van der Waals surface area contributed by atoms with Crippen LogP contribution in [0.4, 0.5) is 0 Å². The number of guanidine groups is 1. The molecule has 1 aromatic heterocycles. The first-order chi connectivity index (χ1) is 11.0. The van der Waals surface area contributed by atoms with E-state index in [9.17, 15) is 0 Å². The van der Waals surface area contributed by atoms with Gasteiger partial charge in [-0.05, 0) is 33.1 Å². The molecule has 0 amide bonds. The van der Waals surface area contributed by atoms with Crippen LogP contribution in [-0.4, -0.2) is 54.6 Å². The lowest BCUT2D eigenvalue weighted by atomic mass is 10.1. The molecule has 23 heavy (non-hydrogen) atoms. The van der Waals surface area contributed by atoms with Crippen molar-refractivity contribution in [3.63, 3.8) is 0 Å². The smallest absolute Gasteiger partial charge is 0.191 e. The molecule has 0 bridgehead atoms. The van der Waals surface area contributed by atoms with Crippen LogP contribution in [0.5, 0.6) is 0 Å². The third-order valence-corrected chi connectivity index (χ3v) is 5.47. The molecule has 130 valence electrons. The van der Waals surface area contributed by atoms with Crippen molar-refractivity contribution in [2.75, 3.05) is 26.7 Å². The number of aliphatic imine (C=N–C) groups is 1. The summed E-state index contributed by atoms with van der Waals surface area (Å²) >= 11 is 1.75. The monoisotopic (exact) mass is 337 g/mol. The lowest BCUT2D eigenvalue weighted by Gasteiger charge is -2.21. The molecular formula is C17H31N5S. The van der Waals surface area contributed by atoms with E-state index >= 15 is 0 Å². The Bertz CT molecular complexity index is 511. The van der Waals surface area contributed by atoms with Crippen LogP contribution in [0.15, 0.2) is 10.4 Å². The van der Waals surface area contributed by atoms with Crippen LogP contribution in [0.1, 0.15) is 37.9 Å². The first kappa shape index (κ1) is 18.2. The van der Waals surface area contributed by atoms with Crippen LogP contribution in [-0.2, 0) is 6.42 Å². The molecule has 2 rings (SSSR count). The number of thiazole rings is 1. The van der Waals surface area contributed by atoms with E-state index in [0.29, 0.717) is 18.0 Å². The zero-order valence-electron chi connectivity index (χ0n) is 15.1. The summed E-state index contributed by atoms with van der Waals surface area (Å²) in [5.74, 6) is 1.57. The van der Waals surface area contributed by atoms with Crippen LogP contribution in [0, 0.1) is 12.8 Å². The highest BCUT2D eigenvalue weighted by molar-refractivity contribution is 7.09. The summed E-state index contributed by atoms with van der Waals surface area (Å²) in [7, 11) is 1.85. The summed E-state index contributed by atoms with van der Waals surface area (Å²) in [5, 5.41) is 10.4. The maximum Gasteiger partial charge on any atom is 0.191 e. The molecule has 2 N–H and O–H groups in total. The van der Waals surface area contributed by atoms with Gasteiger partial charge < -0.3 is 10.6 Å². The Labute approximate surface area is 144 Å². The SMILES string of the molecule is CN=C(NCCCc1nc(C)cs1)NC1CN(C(C)C)CC1C. The van der Waals surface area contributed by atoms with Crippen LogP contribution in [0.25, 0.3) is 0 Å². The Morgan fingerprint density at radius 3 is 2.83 bits per heavy atom. The molecule has 0 radical (unpaired) electrons. The molecular weight excluding hydrogens is 306 g/mol. The van der Waals surface area contributed by atoms with Crippen molar-refractivity contribution in [3.05, 3.63) is 16.1 Å². The fourth-order valence-corrected chi connectivity index (χ4v) is 3.77. The number of hydrogen-bond acceptors (Lipinski definition) is 4. The van der Waals surface area contributed by atoms with E-state index in [1.165, 1.54) is 5.01 Å². The molecule has 1 fully saturated rings. The van der Waals surface area contributed by atoms with Gasteiger partial charge in [-0.1, -0.05) is 6.92 Å². The predicted octanol–water partition coefficient (Wildman–Crippen LogP) is 2.28. The minimum Gasteiger partial charge on any atom is -0.356 e. The largest absolute Gasteiger partial charge is 0.356 e. The molecule has 1 aliphatic heterocycles. The Hall–Kier alpha value is -1.14. The number of likely N-dealkylation sites (tertiary alicyclic amines) is 1. The molecule has 2 heterocycles. The standard InChI is InChI=1S/C17H31N5S/c1-12(2)22-9-13(3)15(10-22)21-17(18-5)19-8-6-7-16-20-14(4)11-23-16/h11-13,15H,6-10H2,1-5H3,(H2,18,19,21). The molecule has 1 aromatic rings. The fraction of sp³-hybridized carbons (Fsp3) is 0.765. The normalized spacial score (nSPS) is 22.8. The van der Waals surface area contributed by atoms with Gasteiger partial charge in [0.25, 0.3) is 0 Å². The van der Waals surface area contributed by atoms with E-state index in [0.717, 1.165) is 44.1 Å². The zero-order valence-corrected chi connectivity index (χ0v) is 15.9. The first-order valence-corrected chi connectivity index (χ1v) is 9.49. The number of rotatable bonds is 6. The van der Waals surface area contributed by atoms with Crippen molar-refractivity contribution in [2.45, 2.75) is 52.6 Å². The average Bonchev–Trinajstić information content (AvgIpc) is 3.08. The lowest BCUT2D eigenvalue weighted by Crippen LogP contribution is -2.47. The van der Waals surface area contributed by atoms with Gasteiger partial charge in [-0.2, -0.15) is 0 Å². The zero-order chi connectivity index (χ0) is 16.8. The fourth-order valence-electron chi connectivity index (χ4n) is 2.95. The summed E-state index contributed by atoms with van der Waals surface area (Å²) in [4.78, 5) is 11.4. The molecule has 2 atom stereocenters. The molecule has 2 unspecified atom stereocenters. The predicted molar refractivity (Wildman–Crippen MR) is 99.3 cm³/mol. The second-order valence-electron chi connectivity index (χ2n) is 6.76. The Morgan fingerprint density at radius 1 is 1.48 bits per heavy atom. The van der Waals surface area contributed by atoms with Gasteiger partial charge in [0, 0.05) is 56.3 Å². The summed E-state index contributed by atoms with van der Waals surface area (Å²) in [6.45, 7) is 12.1. The number of nitrogens with one attached hydrogen (secondary N) is 2. The maximum absolute atomic E-state index is 4.50. The number of hydrogen-bond donors (Lipinski definition) is 2. The first-order valence-electron chi connectivity index (χ1n) is 8.61. The van der Waals surface area contributed by atoms with Gasteiger partial charge in [0.1, 0.15) is 0 Å². The minimum atomic E-state index is 0.477. The van der Waals surface area contributed by atoms with E-state index in [1.807, 2.05) is 14.0 Å². The van der Waals surface area contributed by atoms with Gasteiger partial charge in [-0.3, -0.25) is 9.89 Å². The Morgan fingerprint density at radius 2 is 2.26 bits per heavy atom. The van der Waals surface area contributed by atoms with Crippen LogP contribution in [0.3, 0.4) is 0 Å². The molecule has 0 saturated carbocycles. The maximum atomic E-state index is 4.50. The highest BCUT2D eigenvalue weighted by Crippen LogP contribution is 2.18. The summed E-state index contributed by atoms with van der Waals surface area (Å²) in [6, 6.07) is 1.09. The molecule has 1 saturated heterocycles. The van der Waals surface area contributed by atoms with Crippen molar-refractivity contribution in [1.29, 1.82) is 0 Å². The molecule has 6 heteroatoms. The van der Waals surface area contributed by atoms with E-state index in [4.69, 9.17) is 0 Å². The van der Waals surface area contributed by atoms with Crippen LogP contribution < -0.4 is 10.6 Å². The average molecular weight is 338 g/mol. The van der Waals surface area contributed by atoms with Crippen molar-refractivity contribution >= 4 is 17.3 Å². The Kier molecular flexibility index (Phi) is 6.84. The van der Waals surface area contributed by atoms with E-state index < -0.39 is 0 Å². The second-order valence-corrected chi connectivity index (χ2v) is 7.70. The van der Waals surface area contributed by atoms with Gasteiger partial charge in [-0.15, -0.1) is 11.3 Å². The summed E-state index contributed by atoms with van der Waals surface area (Å²) in [5.41, 5.74) is 1.13. The van der Waals surface area contributed by atoms with Gasteiger partial charge in [0.2, 0.25) is 0 Å². The van der Waals surface area contributed by atoms with Gasteiger partial charge in [0.05, 0.1) is 5.01 Å². The molecule has 0 aromatic carbocycles. The molecule has 0 aliphatic carbocycles.